The summed E-state index contributed by atoms with van der Waals surface area (Å²) in [6.45, 7) is 6.37. The third kappa shape index (κ3) is 1.87. The van der Waals surface area contributed by atoms with Crippen LogP contribution in [0.15, 0.2) is 42.5 Å². The van der Waals surface area contributed by atoms with Gasteiger partial charge in [0.2, 0.25) is 0 Å². The summed E-state index contributed by atoms with van der Waals surface area (Å²) in [4.78, 5) is 0. The van der Waals surface area contributed by atoms with Gasteiger partial charge in [0.1, 0.15) is 0 Å². The Morgan fingerprint density at radius 1 is 0.952 bits per heavy atom. The molecule has 3 N–H and O–H groups in total. The molecule has 0 unspecified atom stereocenters. The highest BCUT2D eigenvalue weighted by Crippen LogP contribution is 2.49. The van der Waals surface area contributed by atoms with Crippen LogP contribution in [-0.2, 0) is 11.0 Å². The van der Waals surface area contributed by atoms with Crippen LogP contribution in [0, 0.1) is 0 Å². The number of hydrogen-bond acceptors (Lipinski definition) is 2. The van der Waals surface area contributed by atoms with Crippen LogP contribution in [0.4, 0.5) is 0 Å². The first-order valence-corrected chi connectivity index (χ1v) is 7.27. The van der Waals surface area contributed by atoms with Crippen molar-refractivity contribution in [3.63, 3.8) is 0 Å². The molecule has 1 heterocycles. The number of nitrogens with one attached hydrogen (secondary N) is 1. The number of rotatable bonds is 1. The molecule has 0 aromatic heterocycles. The number of halogens is 1. The van der Waals surface area contributed by atoms with Crippen LogP contribution < -0.4 is 11.1 Å². The van der Waals surface area contributed by atoms with E-state index in [1.807, 2.05) is 0 Å². The molecule has 0 saturated carbocycles. The van der Waals surface area contributed by atoms with Gasteiger partial charge < -0.3 is 11.1 Å². The Balaban J connectivity index is 0.00000132. The van der Waals surface area contributed by atoms with E-state index >= 15 is 0 Å². The molecule has 110 valence electrons. The average molecular weight is 301 g/mol. The van der Waals surface area contributed by atoms with E-state index in [2.05, 4.69) is 61.6 Å². The van der Waals surface area contributed by atoms with Crippen LogP contribution in [0.25, 0.3) is 11.1 Å². The molecule has 0 atom stereocenters. The van der Waals surface area contributed by atoms with Crippen molar-refractivity contribution >= 4 is 12.4 Å². The van der Waals surface area contributed by atoms with Gasteiger partial charge in [0.25, 0.3) is 0 Å². The second kappa shape index (κ2) is 4.57. The molecule has 3 heteroatoms. The van der Waals surface area contributed by atoms with Crippen molar-refractivity contribution in [3.05, 3.63) is 59.2 Å². The molecule has 21 heavy (non-hydrogen) atoms. The predicted octanol–water partition coefficient (Wildman–Crippen LogP) is 3.17. The van der Waals surface area contributed by atoms with Crippen molar-refractivity contribution < 1.29 is 0 Å². The molecule has 2 nitrogen and oxygen atoms in total. The van der Waals surface area contributed by atoms with Gasteiger partial charge in [0.15, 0.2) is 0 Å². The van der Waals surface area contributed by atoms with Crippen molar-refractivity contribution in [1.29, 1.82) is 0 Å². The van der Waals surface area contributed by atoms with Crippen LogP contribution >= 0.6 is 12.4 Å². The highest BCUT2D eigenvalue weighted by atomic mass is 35.5. The van der Waals surface area contributed by atoms with Gasteiger partial charge >= 0.3 is 0 Å². The van der Waals surface area contributed by atoms with Crippen molar-refractivity contribution in [2.24, 2.45) is 5.73 Å². The smallest absolute Gasteiger partial charge is 0.0662 e. The molecule has 1 aliphatic carbocycles. The molecule has 0 bridgehead atoms. The Hall–Kier alpha value is -1.35. The zero-order valence-corrected chi connectivity index (χ0v) is 13.3. The molecule has 1 aliphatic heterocycles. The van der Waals surface area contributed by atoms with Gasteiger partial charge in [-0.3, -0.25) is 0 Å². The fourth-order valence-electron chi connectivity index (χ4n) is 3.61. The van der Waals surface area contributed by atoms with E-state index in [1.165, 1.54) is 27.8 Å². The molecular weight excluding hydrogens is 280 g/mol. The average Bonchev–Trinajstić information content (AvgIpc) is 2.65. The van der Waals surface area contributed by atoms with E-state index in [4.69, 9.17) is 5.73 Å². The number of fused-ring (bicyclic) bond motifs is 3. The van der Waals surface area contributed by atoms with Gasteiger partial charge in [-0.2, -0.15) is 0 Å². The lowest BCUT2D eigenvalue weighted by atomic mass is 9.78. The quantitative estimate of drug-likeness (QED) is 0.849. The summed E-state index contributed by atoms with van der Waals surface area (Å²) < 4.78 is 0. The Labute approximate surface area is 132 Å². The largest absolute Gasteiger partial charge is 0.319 e. The topological polar surface area (TPSA) is 38.0 Å². The summed E-state index contributed by atoms with van der Waals surface area (Å²) in [5.41, 5.74) is 13.2. The SMILES string of the molecule is CC1(C)c2ccccc2-c2ccc(C3(N)CNC3)cc21.Cl. The number of nitrogens with two attached hydrogens (primary N) is 1. The van der Waals surface area contributed by atoms with Gasteiger partial charge in [-0.15, -0.1) is 12.4 Å². The summed E-state index contributed by atoms with van der Waals surface area (Å²) in [6, 6.07) is 15.5. The van der Waals surface area contributed by atoms with Crippen molar-refractivity contribution in [2.45, 2.75) is 24.8 Å². The van der Waals surface area contributed by atoms with Crippen LogP contribution in [0.1, 0.15) is 30.5 Å². The lowest BCUT2D eigenvalue weighted by Gasteiger charge is -2.40. The fourth-order valence-corrected chi connectivity index (χ4v) is 3.61. The van der Waals surface area contributed by atoms with Crippen LogP contribution in [-0.4, -0.2) is 13.1 Å². The molecule has 2 aromatic carbocycles. The summed E-state index contributed by atoms with van der Waals surface area (Å²) >= 11 is 0. The van der Waals surface area contributed by atoms with Crippen molar-refractivity contribution in [3.8, 4) is 11.1 Å². The summed E-state index contributed by atoms with van der Waals surface area (Å²) in [6.07, 6.45) is 0. The first-order chi connectivity index (χ1) is 9.52. The second-order valence-electron chi connectivity index (χ2n) is 6.69. The number of hydrogen-bond donors (Lipinski definition) is 2. The Kier molecular flexibility index (Phi) is 3.17. The Morgan fingerprint density at radius 2 is 1.62 bits per heavy atom. The molecule has 0 amide bonds. The zero-order chi connectivity index (χ0) is 14.0. The van der Waals surface area contributed by atoms with Gasteiger partial charge in [0, 0.05) is 18.5 Å². The molecule has 0 radical (unpaired) electrons. The second-order valence-corrected chi connectivity index (χ2v) is 6.69. The third-order valence-electron chi connectivity index (χ3n) is 5.04. The Bertz CT molecular complexity index is 702. The van der Waals surface area contributed by atoms with Crippen LogP contribution in [0.2, 0.25) is 0 Å². The lowest BCUT2D eigenvalue weighted by molar-refractivity contribution is 0.287. The third-order valence-corrected chi connectivity index (χ3v) is 5.04. The van der Waals surface area contributed by atoms with E-state index in [1.54, 1.807) is 0 Å². The fraction of sp³-hybridized carbons (Fsp3) is 0.333. The molecule has 2 aliphatic rings. The summed E-state index contributed by atoms with van der Waals surface area (Å²) in [5, 5.41) is 3.28. The zero-order valence-electron chi connectivity index (χ0n) is 12.4. The minimum Gasteiger partial charge on any atom is -0.319 e. The van der Waals surface area contributed by atoms with E-state index in [0.29, 0.717) is 0 Å². The normalized spacial score (nSPS) is 20.0. The molecular formula is C18H21ClN2. The number of benzene rings is 2. The molecule has 0 spiro atoms. The monoisotopic (exact) mass is 300 g/mol. The van der Waals surface area contributed by atoms with E-state index in [-0.39, 0.29) is 23.4 Å². The first kappa shape index (κ1) is 14.6. The van der Waals surface area contributed by atoms with Crippen LogP contribution in [0.5, 0.6) is 0 Å². The molecule has 2 aromatic rings. The van der Waals surface area contributed by atoms with Gasteiger partial charge in [0.05, 0.1) is 5.54 Å². The molecule has 1 fully saturated rings. The Morgan fingerprint density at radius 3 is 2.29 bits per heavy atom. The van der Waals surface area contributed by atoms with E-state index in [9.17, 15) is 0 Å². The molecule has 4 rings (SSSR count). The lowest BCUT2D eigenvalue weighted by Crippen LogP contribution is -2.62. The standard InChI is InChI=1S/C18H20N2.ClH/c1-17(2)15-6-4-3-5-13(15)14-8-7-12(9-16(14)17)18(19)10-20-11-18;/h3-9,20H,10-11,19H2,1-2H3;1H. The summed E-state index contributed by atoms with van der Waals surface area (Å²) in [7, 11) is 0. The van der Waals surface area contributed by atoms with E-state index in [0.717, 1.165) is 13.1 Å². The highest BCUT2D eigenvalue weighted by Gasteiger charge is 2.39. The maximum atomic E-state index is 6.45. The maximum Gasteiger partial charge on any atom is 0.0662 e. The maximum absolute atomic E-state index is 6.45. The van der Waals surface area contributed by atoms with Gasteiger partial charge in [-0.05, 0) is 27.8 Å². The van der Waals surface area contributed by atoms with Crippen molar-refractivity contribution in [1.82, 2.24) is 5.32 Å². The van der Waals surface area contributed by atoms with Crippen molar-refractivity contribution in [2.75, 3.05) is 13.1 Å². The van der Waals surface area contributed by atoms with Gasteiger partial charge in [-0.1, -0.05) is 56.3 Å². The van der Waals surface area contributed by atoms with Crippen LogP contribution in [0.3, 0.4) is 0 Å². The minimum absolute atomic E-state index is 0. The predicted molar refractivity (Wildman–Crippen MR) is 90.0 cm³/mol. The summed E-state index contributed by atoms with van der Waals surface area (Å²) in [5.74, 6) is 0. The molecule has 1 saturated heterocycles. The van der Waals surface area contributed by atoms with E-state index < -0.39 is 0 Å². The minimum atomic E-state index is -0.181. The highest BCUT2D eigenvalue weighted by molar-refractivity contribution is 5.85. The van der Waals surface area contributed by atoms with Gasteiger partial charge in [-0.25, -0.2) is 0 Å². The first-order valence-electron chi connectivity index (χ1n) is 7.27.